The van der Waals surface area contributed by atoms with Gasteiger partial charge in [0, 0.05) is 23.4 Å². The Hall–Kier alpha value is -0.580. The van der Waals surface area contributed by atoms with Crippen molar-refractivity contribution in [2.45, 2.75) is 25.9 Å². The topological polar surface area (TPSA) is 46.2 Å². The Morgan fingerprint density at radius 1 is 1.29 bits per heavy atom. The van der Waals surface area contributed by atoms with Gasteiger partial charge in [-0.1, -0.05) is 29.8 Å². The summed E-state index contributed by atoms with van der Waals surface area (Å²) in [7, 11) is -2.96. The highest BCUT2D eigenvalue weighted by atomic mass is 35.5. The summed E-state index contributed by atoms with van der Waals surface area (Å²) >= 11 is 6.08. The van der Waals surface area contributed by atoms with E-state index in [0.717, 1.165) is 5.56 Å². The second kappa shape index (κ2) is 5.85. The summed E-state index contributed by atoms with van der Waals surface area (Å²) in [6.07, 6.45) is 1.24. The van der Waals surface area contributed by atoms with Gasteiger partial charge in [0.15, 0.2) is 0 Å². The number of nitrogens with one attached hydrogen (secondary N) is 1. The Morgan fingerprint density at radius 3 is 2.41 bits per heavy atom. The third-order valence-corrected chi connectivity index (χ3v) is 3.91. The molecule has 0 spiro atoms. The second-order valence-corrected chi connectivity index (χ2v) is 7.00. The highest BCUT2D eigenvalue weighted by Gasteiger charge is 2.15. The van der Waals surface area contributed by atoms with Crippen LogP contribution in [0.1, 0.15) is 25.5 Å². The molecule has 5 heteroatoms. The highest BCUT2D eigenvalue weighted by molar-refractivity contribution is 7.90. The van der Waals surface area contributed by atoms with Crippen LogP contribution in [0.15, 0.2) is 24.3 Å². The molecule has 0 saturated heterocycles. The number of benzene rings is 1. The summed E-state index contributed by atoms with van der Waals surface area (Å²) in [5, 5.41) is 3.92. The number of halogens is 1. The first-order valence-corrected chi connectivity index (χ1v) is 7.91. The molecule has 3 nitrogen and oxygen atoms in total. The van der Waals surface area contributed by atoms with Crippen molar-refractivity contribution in [1.29, 1.82) is 0 Å². The van der Waals surface area contributed by atoms with Gasteiger partial charge in [0.25, 0.3) is 0 Å². The zero-order chi connectivity index (χ0) is 13.1. The Balaban J connectivity index is 2.67. The summed E-state index contributed by atoms with van der Waals surface area (Å²) in [5.41, 5.74) is 0.981. The Labute approximate surface area is 108 Å². The maximum atomic E-state index is 11.2. The van der Waals surface area contributed by atoms with Crippen LogP contribution >= 0.6 is 11.6 Å². The SMILES string of the molecule is CC(CS(C)(=O)=O)NC(C)c1ccccc1Cl. The van der Waals surface area contributed by atoms with Crippen molar-refractivity contribution in [3.05, 3.63) is 34.9 Å². The lowest BCUT2D eigenvalue weighted by atomic mass is 10.1. The molecule has 1 rings (SSSR count). The number of hydrogen-bond donors (Lipinski definition) is 1. The van der Waals surface area contributed by atoms with Crippen molar-refractivity contribution in [2.24, 2.45) is 0 Å². The van der Waals surface area contributed by atoms with E-state index in [1.54, 1.807) is 0 Å². The molecule has 1 N–H and O–H groups in total. The van der Waals surface area contributed by atoms with E-state index >= 15 is 0 Å². The molecule has 0 heterocycles. The molecule has 0 aromatic heterocycles. The molecule has 0 bridgehead atoms. The third-order valence-electron chi connectivity index (χ3n) is 2.46. The third kappa shape index (κ3) is 5.06. The summed E-state index contributed by atoms with van der Waals surface area (Å²) < 4.78 is 22.3. The minimum absolute atomic E-state index is 0.0282. The lowest BCUT2D eigenvalue weighted by Crippen LogP contribution is -2.34. The molecule has 0 aliphatic rings. The van der Waals surface area contributed by atoms with Crippen LogP contribution in [0.25, 0.3) is 0 Å². The van der Waals surface area contributed by atoms with E-state index in [1.165, 1.54) is 6.26 Å². The largest absolute Gasteiger partial charge is 0.307 e. The van der Waals surface area contributed by atoms with E-state index in [-0.39, 0.29) is 17.8 Å². The Morgan fingerprint density at radius 2 is 1.88 bits per heavy atom. The summed E-state index contributed by atoms with van der Waals surface area (Å²) in [6.45, 7) is 3.83. The van der Waals surface area contributed by atoms with Gasteiger partial charge in [0.2, 0.25) is 0 Å². The fraction of sp³-hybridized carbons (Fsp3) is 0.500. The average Bonchev–Trinajstić information content (AvgIpc) is 2.14. The first-order chi connectivity index (χ1) is 7.79. The van der Waals surface area contributed by atoms with Gasteiger partial charge in [-0.05, 0) is 25.5 Å². The molecule has 0 saturated carbocycles. The van der Waals surface area contributed by atoms with Crippen LogP contribution < -0.4 is 5.32 Å². The normalized spacial score (nSPS) is 15.5. The summed E-state index contributed by atoms with van der Waals surface area (Å²) in [4.78, 5) is 0. The molecule has 96 valence electrons. The van der Waals surface area contributed by atoms with Gasteiger partial charge in [-0.15, -0.1) is 0 Å². The lowest BCUT2D eigenvalue weighted by molar-refractivity contribution is 0.501. The number of rotatable bonds is 5. The fourth-order valence-corrected chi connectivity index (χ4v) is 3.15. The molecule has 0 fully saturated rings. The van der Waals surface area contributed by atoms with Crippen LogP contribution in [0.4, 0.5) is 0 Å². The predicted octanol–water partition coefficient (Wildman–Crippen LogP) is 2.42. The summed E-state index contributed by atoms with van der Waals surface area (Å²) in [6, 6.07) is 7.49. The van der Waals surface area contributed by atoms with Crippen molar-refractivity contribution in [3.8, 4) is 0 Å². The van der Waals surface area contributed by atoms with Gasteiger partial charge < -0.3 is 5.32 Å². The molecule has 0 radical (unpaired) electrons. The average molecular weight is 276 g/mol. The van der Waals surface area contributed by atoms with Gasteiger partial charge >= 0.3 is 0 Å². The minimum atomic E-state index is -2.96. The van der Waals surface area contributed by atoms with Crippen LogP contribution in [-0.4, -0.2) is 26.5 Å². The fourth-order valence-electron chi connectivity index (χ4n) is 1.85. The van der Waals surface area contributed by atoms with Gasteiger partial charge in [0.05, 0.1) is 5.75 Å². The predicted molar refractivity (Wildman–Crippen MR) is 72.2 cm³/mol. The van der Waals surface area contributed by atoms with Crippen LogP contribution in [0.3, 0.4) is 0 Å². The van der Waals surface area contributed by atoms with E-state index in [9.17, 15) is 8.42 Å². The quantitative estimate of drug-likeness (QED) is 0.898. The molecule has 0 aliphatic carbocycles. The van der Waals surface area contributed by atoms with Crippen LogP contribution in [0.5, 0.6) is 0 Å². The van der Waals surface area contributed by atoms with E-state index < -0.39 is 9.84 Å². The maximum absolute atomic E-state index is 11.2. The van der Waals surface area contributed by atoms with Gasteiger partial charge in [0.1, 0.15) is 9.84 Å². The number of sulfone groups is 1. The summed E-state index contributed by atoms with van der Waals surface area (Å²) in [5.74, 6) is 0.127. The van der Waals surface area contributed by atoms with Crippen molar-refractivity contribution in [2.75, 3.05) is 12.0 Å². The molecule has 2 atom stereocenters. The molecular formula is C12H18ClNO2S. The van der Waals surface area contributed by atoms with Crippen molar-refractivity contribution < 1.29 is 8.42 Å². The molecule has 1 aromatic carbocycles. The van der Waals surface area contributed by atoms with Gasteiger partial charge in [-0.3, -0.25) is 0 Å². The van der Waals surface area contributed by atoms with Crippen LogP contribution in [0, 0.1) is 0 Å². The van der Waals surface area contributed by atoms with Crippen molar-refractivity contribution in [3.63, 3.8) is 0 Å². The lowest BCUT2D eigenvalue weighted by Gasteiger charge is -2.20. The molecule has 1 aromatic rings. The zero-order valence-corrected chi connectivity index (χ0v) is 11.8. The minimum Gasteiger partial charge on any atom is -0.307 e. The van der Waals surface area contributed by atoms with Crippen LogP contribution in [0.2, 0.25) is 5.02 Å². The number of hydrogen-bond acceptors (Lipinski definition) is 3. The van der Waals surface area contributed by atoms with E-state index in [0.29, 0.717) is 5.02 Å². The van der Waals surface area contributed by atoms with E-state index in [1.807, 2.05) is 38.1 Å². The van der Waals surface area contributed by atoms with E-state index in [2.05, 4.69) is 5.32 Å². The molecule has 2 unspecified atom stereocenters. The highest BCUT2D eigenvalue weighted by Crippen LogP contribution is 2.22. The molecule has 17 heavy (non-hydrogen) atoms. The smallest absolute Gasteiger partial charge is 0.148 e. The first-order valence-electron chi connectivity index (χ1n) is 5.48. The van der Waals surface area contributed by atoms with Crippen molar-refractivity contribution >= 4 is 21.4 Å². The van der Waals surface area contributed by atoms with Gasteiger partial charge in [-0.25, -0.2) is 8.42 Å². The van der Waals surface area contributed by atoms with Crippen molar-refractivity contribution in [1.82, 2.24) is 5.32 Å². The molecule has 0 aliphatic heterocycles. The molecule has 0 amide bonds. The van der Waals surface area contributed by atoms with E-state index in [4.69, 9.17) is 11.6 Å². The Kier molecular flexibility index (Phi) is 4.98. The Bertz CT molecular complexity index is 473. The standard InChI is InChI=1S/C12H18ClNO2S/c1-9(8-17(3,15)16)14-10(2)11-6-4-5-7-12(11)13/h4-7,9-10,14H,8H2,1-3H3. The van der Waals surface area contributed by atoms with Crippen LogP contribution in [-0.2, 0) is 9.84 Å². The monoisotopic (exact) mass is 275 g/mol. The second-order valence-electron chi connectivity index (χ2n) is 4.40. The maximum Gasteiger partial charge on any atom is 0.148 e. The first kappa shape index (κ1) is 14.5. The molecular weight excluding hydrogens is 258 g/mol. The van der Waals surface area contributed by atoms with Gasteiger partial charge in [-0.2, -0.15) is 0 Å². The zero-order valence-electron chi connectivity index (χ0n) is 10.3.